The van der Waals surface area contributed by atoms with Gasteiger partial charge >= 0.3 is 5.97 Å². The molecule has 0 saturated heterocycles. The predicted molar refractivity (Wildman–Crippen MR) is 146 cm³/mol. The third-order valence-corrected chi connectivity index (χ3v) is 6.50. The van der Waals surface area contributed by atoms with Gasteiger partial charge in [0, 0.05) is 16.8 Å². The summed E-state index contributed by atoms with van der Waals surface area (Å²) in [6, 6.07) is 21.7. The maximum Gasteiger partial charge on any atom is 0.360 e. The largest absolute Gasteiger partial charge is 0.486 e. The Bertz CT molecular complexity index is 1320. The van der Waals surface area contributed by atoms with Gasteiger partial charge in [-0.3, -0.25) is 5.01 Å². The fraction of sp³-hybridized carbons (Fsp3) is 0.290. The molecular weight excluding hydrogens is 464 g/mol. The van der Waals surface area contributed by atoms with Crippen molar-refractivity contribution in [1.82, 2.24) is 5.01 Å². The average molecular weight is 499 g/mol. The van der Waals surface area contributed by atoms with Crippen LogP contribution in [0.25, 0.3) is 5.76 Å². The van der Waals surface area contributed by atoms with Crippen LogP contribution in [0, 0.1) is 19.8 Å². The van der Waals surface area contributed by atoms with Crippen molar-refractivity contribution in [3.63, 3.8) is 0 Å². The van der Waals surface area contributed by atoms with Crippen molar-refractivity contribution < 1.29 is 19.0 Å². The molecule has 0 aromatic heterocycles. The highest BCUT2D eigenvalue weighted by atomic mass is 16.5. The van der Waals surface area contributed by atoms with Crippen LogP contribution in [0.15, 0.2) is 77.5 Å². The van der Waals surface area contributed by atoms with Crippen LogP contribution < -0.4 is 4.74 Å². The number of carbonyl (C=O) groups is 1. The number of rotatable bonds is 8. The Morgan fingerprint density at radius 3 is 2.30 bits per heavy atom. The Balaban J connectivity index is 1.87. The Hall–Kier alpha value is -4.06. The number of ether oxygens (including phenoxy) is 3. The Kier molecular flexibility index (Phi) is 7.97. The van der Waals surface area contributed by atoms with Crippen LogP contribution in [0.5, 0.6) is 11.5 Å². The highest BCUT2D eigenvalue weighted by Gasteiger charge is 2.34. The van der Waals surface area contributed by atoms with Gasteiger partial charge in [-0.25, -0.2) is 4.79 Å². The third kappa shape index (κ3) is 5.69. The zero-order chi connectivity index (χ0) is 26.5. The van der Waals surface area contributed by atoms with E-state index in [1.165, 1.54) is 7.11 Å². The molecule has 3 aromatic rings. The molecule has 3 aromatic carbocycles. The summed E-state index contributed by atoms with van der Waals surface area (Å²) in [6.07, 6.45) is 0. The van der Waals surface area contributed by atoms with E-state index in [0.29, 0.717) is 24.7 Å². The molecule has 4 rings (SSSR count). The molecule has 0 fully saturated rings. The number of hydrogen-bond acceptors (Lipinski definition) is 6. The lowest BCUT2D eigenvalue weighted by molar-refractivity contribution is -0.138. The van der Waals surface area contributed by atoms with Crippen LogP contribution in [0.2, 0.25) is 0 Å². The van der Waals surface area contributed by atoms with E-state index in [-0.39, 0.29) is 11.6 Å². The number of hydrogen-bond donors (Lipinski definition) is 0. The molecule has 1 aliphatic rings. The smallest absolute Gasteiger partial charge is 0.360 e. The molecule has 0 spiro atoms. The molecule has 37 heavy (non-hydrogen) atoms. The molecule has 0 radical (unpaired) electrons. The van der Waals surface area contributed by atoms with Crippen LogP contribution in [0.1, 0.15) is 48.6 Å². The quantitative estimate of drug-likeness (QED) is 0.247. The number of esters is 1. The van der Waals surface area contributed by atoms with Crippen molar-refractivity contribution in [2.75, 3.05) is 7.11 Å². The summed E-state index contributed by atoms with van der Waals surface area (Å²) in [6.45, 7) is 10.8. The van der Waals surface area contributed by atoms with Gasteiger partial charge in [-0.2, -0.15) is 5.10 Å². The number of nitrogens with zero attached hydrogens (tertiary/aromatic N) is 2. The number of aryl methyl sites for hydroxylation is 2. The summed E-state index contributed by atoms with van der Waals surface area (Å²) >= 11 is 0. The number of carbonyl (C=O) groups excluding carboxylic acids is 1. The second kappa shape index (κ2) is 11.3. The van der Waals surface area contributed by atoms with Gasteiger partial charge < -0.3 is 14.2 Å². The minimum atomic E-state index is -0.505. The first-order valence-corrected chi connectivity index (χ1v) is 12.5. The van der Waals surface area contributed by atoms with Crippen LogP contribution in [0.4, 0.5) is 0 Å². The molecule has 0 unspecified atom stereocenters. The number of hydrazone groups is 1. The molecule has 0 saturated carbocycles. The molecule has 6 heteroatoms. The lowest BCUT2D eigenvalue weighted by Gasteiger charge is -2.31. The van der Waals surface area contributed by atoms with Crippen molar-refractivity contribution in [2.45, 2.75) is 47.8 Å². The van der Waals surface area contributed by atoms with E-state index in [1.807, 2.05) is 87.5 Å². The van der Waals surface area contributed by atoms with Gasteiger partial charge in [-0.1, -0.05) is 74.5 Å². The number of methoxy groups -OCH3 is 1. The van der Waals surface area contributed by atoms with E-state index in [9.17, 15) is 4.79 Å². The average Bonchev–Trinajstić information content (AvgIpc) is 2.89. The maximum absolute atomic E-state index is 13.1. The van der Waals surface area contributed by atoms with Gasteiger partial charge in [0.05, 0.1) is 13.7 Å². The Labute approximate surface area is 219 Å². The zero-order valence-corrected chi connectivity index (χ0v) is 22.4. The van der Waals surface area contributed by atoms with Crippen molar-refractivity contribution in [3.05, 3.63) is 100 Å². The Morgan fingerprint density at radius 1 is 0.973 bits per heavy atom. The van der Waals surface area contributed by atoms with Crippen molar-refractivity contribution in [1.29, 1.82) is 0 Å². The standard InChI is InChI=1S/C31H34N2O4/c1-20(2)23(5)32-33-18-26-25(16-11-17-27(26)37-29-21(3)12-10-13-22(29)4)30(28(33)31(34)35-6)36-19-24-14-8-7-9-15-24/h7-17,20H,18-19H2,1-6H3/b32-23+. The third-order valence-electron chi connectivity index (χ3n) is 6.50. The second-order valence-electron chi connectivity index (χ2n) is 9.50. The van der Waals surface area contributed by atoms with Crippen LogP contribution in [0.3, 0.4) is 0 Å². The highest BCUT2D eigenvalue weighted by Crippen LogP contribution is 2.41. The van der Waals surface area contributed by atoms with Crippen molar-refractivity contribution >= 4 is 17.4 Å². The van der Waals surface area contributed by atoms with Gasteiger partial charge in [-0.15, -0.1) is 0 Å². The summed E-state index contributed by atoms with van der Waals surface area (Å²) in [7, 11) is 1.37. The molecule has 0 amide bonds. The fourth-order valence-corrected chi connectivity index (χ4v) is 4.14. The first kappa shape index (κ1) is 26.0. The highest BCUT2D eigenvalue weighted by molar-refractivity contribution is 5.97. The molecule has 0 bridgehead atoms. The summed E-state index contributed by atoms with van der Waals surface area (Å²) < 4.78 is 18.1. The lowest BCUT2D eigenvalue weighted by Crippen LogP contribution is -2.31. The van der Waals surface area contributed by atoms with Crippen molar-refractivity contribution in [2.24, 2.45) is 11.0 Å². The molecule has 0 N–H and O–H groups in total. The van der Waals surface area contributed by atoms with E-state index in [1.54, 1.807) is 5.01 Å². The zero-order valence-electron chi connectivity index (χ0n) is 22.4. The summed E-state index contributed by atoms with van der Waals surface area (Å²) in [4.78, 5) is 13.1. The first-order chi connectivity index (χ1) is 17.8. The monoisotopic (exact) mass is 498 g/mol. The topological polar surface area (TPSA) is 60.4 Å². The maximum atomic E-state index is 13.1. The SMILES string of the molecule is COC(=O)C1=C(OCc2ccccc2)c2cccc(Oc3c(C)cccc3C)c2CN1/N=C(\C)C(C)C. The minimum absolute atomic E-state index is 0.204. The summed E-state index contributed by atoms with van der Waals surface area (Å²) in [5.41, 5.74) is 5.92. The number of fused-ring (bicyclic) bond motifs is 1. The van der Waals surface area contributed by atoms with Gasteiger partial charge in [0.1, 0.15) is 18.1 Å². The van der Waals surface area contributed by atoms with Gasteiger partial charge in [0.2, 0.25) is 0 Å². The number of benzene rings is 3. The summed E-state index contributed by atoms with van der Waals surface area (Å²) in [5.74, 6) is 1.63. The van der Waals surface area contributed by atoms with Crippen LogP contribution in [-0.4, -0.2) is 23.8 Å². The fourth-order valence-electron chi connectivity index (χ4n) is 4.14. The van der Waals surface area contributed by atoms with E-state index in [0.717, 1.165) is 39.3 Å². The molecule has 1 aliphatic heterocycles. The minimum Gasteiger partial charge on any atom is -0.486 e. The van der Waals surface area contributed by atoms with Crippen LogP contribution in [-0.2, 0) is 27.4 Å². The summed E-state index contributed by atoms with van der Waals surface area (Å²) in [5, 5.41) is 6.51. The molecular formula is C31H34N2O4. The van der Waals surface area contributed by atoms with Gasteiger partial charge in [0.25, 0.3) is 0 Å². The molecule has 6 nitrogen and oxygen atoms in total. The normalized spacial score (nSPS) is 13.5. The van der Waals surface area contributed by atoms with E-state index >= 15 is 0 Å². The van der Waals surface area contributed by atoms with E-state index in [4.69, 9.17) is 19.3 Å². The Morgan fingerprint density at radius 2 is 1.65 bits per heavy atom. The van der Waals surface area contributed by atoms with Crippen molar-refractivity contribution in [3.8, 4) is 11.5 Å². The molecule has 0 atom stereocenters. The second-order valence-corrected chi connectivity index (χ2v) is 9.50. The molecule has 192 valence electrons. The van der Waals surface area contributed by atoms with Gasteiger partial charge in [-0.05, 0) is 49.4 Å². The lowest BCUT2D eigenvalue weighted by atomic mass is 9.98. The molecule has 1 heterocycles. The number of para-hydroxylation sites is 1. The first-order valence-electron chi connectivity index (χ1n) is 12.5. The predicted octanol–water partition coefficient (Wildman–Crippen LogP) is 7.00. The van der Waals surface area contributed by atoms with Gasteiger partial charge in [0.15, 0.2) is 11.5 Å². The van der Waals surface area contributed by atoms with Crippen LogP contribution >= 0.6 is 0 Å². The van der Waals surface area contributed by atoms with E-state index in [2.05, 4.69) is 13.8 Å². The van der Waals surface area contributed by atoms with E-state index < -0.39 is 5.97 Å². The molecule has 0 aliphatic carbocycles.